The molecule has 20 heavy (non-hydrogen) atoms. The van der Waals surface area contributed by atoms with Crippen LogP contribution in [0.25, 0.3) is 0 Å². The molecular formula is C10H15N3O6S. The molecule has 2 heterocycles. The minimum absolute atomic E-state index is 0.0575. The summed E-state index contributed by atoms with van der Waals surface area (Å²) in [4.78, 5) is 14.8. The van der Waals surface area contributed by atoms with Crippen LogP contribution >= 0.6 is 11.3 Å². The van der Waals surface area contributed by atoms with Gasteiger partial charge in [0.25, 0.3) is 5.91 Å². The largest absolute Gasteiger partial charge is 0.394 e. The SMILES string of the molecule is NC(=O)c1csc(N[C@H]2O[C@@H](CO)[C@@H](O)[C@@H](O)[C@H]2O)n1. The van der Waals surface area contributed by atoms with Crippen molar-refractivity contribution >= 4 is 22.4 Å². The number of thiazole rings is 1. The fraction of sp³-hybridized carbons (Fsp3) is 0.600. The molecule has 0 bridgehead atoms. The Labute approximate surface area is 117 Å². The Morgan fingerprint density at radius 2 is 2.10 bits per heavy atom. The summed E-state index contributed by atoms with van der Waals surface area (Å²) in [5, 5.41) is 42.4. The number of nitrogens with one attached hydrogen (secondary N) is 1. The molecule has 0 saturated carbocycles. The van der Waals surface area contributed by atoms with E-state index in [1.165, 1.54) is 5.38 Å². The number of amides is 1. The van der Waals surface area contributed by atoms with E-state index < -0.39 is 43.2 Å². The summed E-state index contributed by atoms with van der Waals surface area (Å²) in [6, 6.07) is 0. The van der Waals surface area contributed by atoms with Crippen molar-refractivity contribution in [3.05, 3.63) is 11.1 Å². The first-order valence-electron chi connectivity index (χ1n) is 5.76. The minimum atomic E-state index is -1.48. The molecule has 1 aliphatic heterocycles. The zero-order chi connectivity index (χ0) is 14.9. The van der Waals surface area contributed by atoms with Gasteiger partial charge in [0.15, 0.2) is 11.4 Å². The minimum Gasteiger partial charge on any atom is -0.394 e. The van der Waals surface area contributed by atoms with Gasteiger partial charge >= 0.3 is 0 Å². The lowest BCUT2D eigenvalue weighted by Crippen LogP contribution is -2.60. The van der Waals surface area contributed by atoms with Crippen molar-refractivity contribution in [2.24, 2.45) is 5.73 Å². The summed E-state index contributed by atoms with van der Waals surface area (Å²) in [5.41, 5.74) is 5.12. The van der Waals surface area contributed by atoms with Crippen molar-refractivity contribution in [2.75, 3.05) is 11.9 Å². The van der Waals surface area contributed by atoms with Crippen LogP contribution in [0.3, 0.4) is 0 Å². The quantitative estimate of drug-likeness (QED) is 0.355. The topological polar surface area (TPSA) is 158 Å². The van der Waals surface area contributed by atoms with E-state index in [1.54, 1.807) is 0 Å². The maximum Gasteiger partial charge on any atom is 0.268 e. The first kappa shape index (κ1) is 15.1. The molecule has 5 atom stereocenters. The highest BCUT2D eigenvalue weighted by atomic mass is 32.1. The lowest BCUT2D eigenvalue weighted by Gasteiger charge is -2.40. The van der Waals surface area contributed by atoms with Gasteiger partial charge in [-0.15, -0.1) is 11.3 Å². The third-order valence-electron chi connectivity index (χ3n) is 2.91. The first-order valence-corrected chi connectivity index (χ1v) is 6.64. The highest BCUT2D eigenvalue weighted by Crippen LogP contribution is 2.24. The Kier molecular flexibility index (Phi) is 4.52. The molecule has 7 N–H and O–H groups in total. The number of ether oxygens (including phenoxy) is 1. The van der Waals surface area contributed by atoms with E-state index >= 15 is 0 Å². The Morgan fingerprint density at radius 3 is 2.65 bits per heavy atom. The number of hydrogen-bond donors (Lipinski definition) is 6. The van der Waals surface area contributed by atoms with Gasteiger partial charge < -0.3 is 36.2 Å². The lowest BCUT2D eigenvalue weighted by atomic mass is 9.98. The van der Waals surface area contributed by atoms with E-state index in [0.717, 1.165) is 11.3 Å². The van der Waals surface area contributed by atoms with Gasteiger partial charge in [0.2, 0.25) is 0 Å². The summed E-state index contributed by atoms with van der Waals surface area (Å²) < 4.78 is 5.23. The maximum atomic E-state index is 10.9. The Hall–Kier alpha value is -1.30. The third-order valence-corrected chi connectivity index (χ3v) is 3.69. The van der Waals surface area contributed by atoms with Crippen LogP contribution in [0.15, 0.2) is 5.38 Å². The number of hydrogen-bond acceptors (Lipinski definition) is 9. The molecule has 1 aliphatic rings. The van der Waals surface area contributed by atoms with Gasteiger partial charge in [0.05, 0.1) is 6.61 Å². The highest BCUT2D eigenvalue weighted by Gasteiger charge is 2.43. The van der Waals surface area contributed by atoms with E-state index in [9.17, 15) is 20.1 Å². The molecule has 9 nitrogen and oxygen atoms in total. The van der Waals surface area contributed by atoms with Crippen LogP contribution in [-0.2, 0) is 4.74 Å². The van der Waals surface area contributed by atoms with E-state index in [-0.39, 0.29) is 10.8 Å². The molecule has 0 radical (unpaired) electrons. The Bertz CT molecular complexity index is 481. The van der Waals surface area contributed by atoms with Crippen LogP contribution in [0, 0.1) is 0 Å². The monoisotopic (exact) mass is 305 g/mol. The van der Waals surface area contributed by atoms with E-state index in [0.29, 0.717) is 0 Å². The molecule has 1 amide bonds. The van der Waals surface area contributed by atoms with Crippen molar-refractivity contribution in [1.82, 2.24) is 4.98 Å². The van der Waals surface area contributed by atoms with Crippen LogP contribution in [-0.4, -0.2) is 68.6 Å². The Balaban J connectivity index is 2.08. The van der Waals surface area contributed by atoms with Crippen LogP contribution < -0.4 is 11.1 Å². The molecule has 1 saturated heterocycles. The van der Waals surface area contributed by atoms with Crippen molar-refractivity contribution in [1.29, 1.82) is 0 Å². The fourth-order valence-corrected chi connectivity index (χ4v) is 2.52. The zero-order valence-corrected chi connectivity index (χ0v) is 11.0. The zero-order valence-electron chi connectivity index (χ0n) is 10.2. The normalized spacial score (nSPS) is 33.9. The van der Waals surface area contributed by atoms with E-state index in [4.69, 9.17) is 15.6 Å². The summed E-state index contributed by atoms with van der Waals surface area (Å²) in [6.07, 6.45) is -6.42. The van der Waals surface area contributed by atoms with Crippen LogP contribution in [0.1, 0.15) is 10.5 Å². The smallest absolute Gasteiger partial charge is 0.268 e. The summed E-state index contributed by atoms with van der Waals surface area (Å²) in [6.45, 7) is -0.520. The first-order chi connectivity index (χ1) is 9.43. The molecule has 0 unspecified atom stereocenters. The lowest BCUT2D eigenvalue weighted by molar-refractivity contribution is -0.221. The number of primary amides is 1. The average Bonchev–Trinajstić information content (AvgIpc) is 2.88. The molecule has 0 aromatic carbocycles. The number of nitrogens with two attached hydrogens (primary N) is 1. The fourth-order valence-electron chi connectivity index (χ4n) is 1.80. The molecule has 0 aliphatic carbocycles. The molecule has 0 spiro atoms. The molecule has 2 rings (SSSR count). The summed E-state index contributed by atoms with van der Waals surface area (Å²) >= 11 is 1.06. The van der Waals surface area contributed by atoms with Gasteiger partial charge in [-0.25, -0.2) is 4.98 Å². The molecule has 1 aromatic heterocycles. The second-order valence-electron chi connectivity index (χ2n) is 4.30. The number of aliphatic hydroxyl groups is 4. The number of rotatable bonds is 4. The summed E-state index contributed by atoms with van der Waals surface area (Å²) in [7, 11) is 0. The number of nitrogens with zero attached hydrogens (tertiary/aromatic N) is 1. The van der Waals surface area contributed by atoms with E-state index in [2.05, 4.69) is 10.3 Å². The van der Waals surface area contributed by atoms with Gasteiger partial charge in [0, 0.05) is 5.38 Å². The number of carbonyl (C=O) groups excluding carboxylic acids is 1. The van der Waals surface area contributed by atoms with Crippen LogP contribution in [0.4, 0.5) is 5.13 Å². The maximum absolute atomic E-state index is 10.9. The molecular weight excluding hydrogens is 290 g/mol. The molecule has 10 heteroatoms. The standard InChI is InChI=1S/C10H15N3O6S/c11-8(18)3-2-20-10(12-3)13-9-7(17)6(16)5(15)4(1-14)19-9/h2,4-7,9,14-17H,1H2,(H2,11,18)(H,12,13)/t4-,5+,6+,7+,9-/m0/s1. The van der Waals surface area contributed by atoms with Gasteiger partial charge in [-0.2, -0.15) is 0 Å². The van der Waals surface area contributed by atoms with E-state index in [1.807, 2.05) is 0 Å². The molecule has 112 valence electrons. The second-order valence-corrected chi connectivity index (χ2v) is 5.15. The van der Waals surface area contributed by atoms with Crippen molar-refractivity contribution in [2.45, 2.75) is 30.6 Å². The number of carbonyl (C=O) groups is 1. The Morgan fingerprint density at radius 1 is 1.40 bits per heavy atom. The second kappa shape index (κ2) is 5.99. The van der Waals surface area contributed by atoms with Crippen LogP contribution in [0.2, 0.25) is 0 Å². The molecule has 1 aromatic rings. The van der Waals surface area contributed by atoms with Gasteiger partial charge in [-0.05, 0) is 0 Å². The predicted molar refractivity (Wildman–Crippen MR) is 68.0 cm³/mol. The highest BCUT2D eigenvalue weighted by molar-refractivity contribution is 7.13. The van der Waals surface area contributed by atoms with Crippen molar-refractivity contribution in [3.8, 4) is 0 Å². The predicted octanol–water partition coefficient (Wildman–Crippen LogP) is -2.55. The van der Waals surface area contributed by atoms with Crippen LogP contribution in [0.5, 0.6) is 0 Å². The summed E-state index contributed by atoms with van der Waals surface area (Å²) in [5.74, 6) is -0.692. The van der Waals surface area contributed by atoms with Crippen molar-refractivity contribution in [3.63, 3.8) is 0 Å². The van der Waals surface area contributed by atoms with Gasteiger partial charge in [-0.1, -0.05) is 0 Å². The molecule has 1 fully saturated rings. The van der Waals surface area contributed by atoms with Crippen molar-refractivity contribution < 1.29 is 30.0 Å². The number of anilines is 1. The third kappa shape index (κ3) is 2.90. The van der Waals surface area contributed by atoms with Gasteiger partial charge in [-0.3, -0.25) is 4.79 Å². The average molecular weight is 305 g/mol. The van der Waals surface area contributed by atoms with Gasteiger partial charge in [0.1, 0.15) is 30.1 Å². The number of aromatic nitrogens is 1. The number of aliphatic hydroxyl groups excluding tert-OH is 4.